The summed E-state index contributed by atoms with van der Waals surface area (Å²) in [5.41, 5.74) is 1.63. The van der Waals surface area contributed by atoms with Gasteiger partial charge in [0.1, 0.15) is 17.1 Å². The number of methoxy groups -OCH3 is 2. The number of ether oxygens (including phenoxy) is 2. The molecule has 4 nitrogen and oxygen atoms in total. The Morgan fingerprint density at radius 1 is 1.00 bits per heavy atom. The summed E-state index contributed by atoms with van der Waals surface area (Å²) in [6, 6.07) is 12.2. The number of halogens is 1. The van der Waals surface area contributed by atoms with E-state index in [0.717, 1.165) is 22.3 Å². The lowest BCUT2D eigenvalue weighted by molar-refractivity contribution is 0.414. The fraction of sp³-hybridized carbons (Fsp3) is 0.118. The van der Waals surface area contributed by atoms with Crippen LogP contribution in [0.1, 0.15) is 0 Å². The predicted octanol–water partition coefficient (Wildman–Crippen LogP) is 4.13. The van der Waals surface area contributed by atoms with E-state index in [9.17, 15) is 4.79 Å². The lowest BCUT2D eigenvalue weighted by Gasteiger charge is -2.09. The molecule has 1 heterocycles. The lowest BCUT2D eigenvalue weighted by Crippen LogP contribution is -1.98. The van der Waals surface area contributed by atoms with Gasteiger partial charge in [-0.1, -0.05) is 23.7 Å². The van der Waals surface area contributed by atoms with E-state index in [1.54, 1.807) is 19.2 Å². The van der Waals surface area contributed by atoms with E-state index in [4.69, 9.17) is 25.5 Å². The highest BCUT2D eigenvalue weighted by molar-refractivity contribution is 6.33. The van der Waals surface area contributed by atoms with E-state index in [-0.39, 0.29) is 0 Å². The third-order valence-electron chi connectivity index (χ3n) is 3.42. The van der Waals surface area contributed by atoms with Crippen LogP contribution in [0.4, 0.5) is 0 Å². The van der Waals surface area contributed by atoms with E-state index in [0.29, 0.717) is 16.4 Å². The number of fused-ring (bicyclic) bond motifs is 1. The molecule has 112 valence electrons. The molecular formula is C17H13ClO4. The summed E-state index contributed by atoms with van der Waals surface area (Å²) in [4.78, 5) is 11.8. The van der Waals surface area contributed by atoms with Gasteiger partial charge in [-0.05, 0) is 29.3 Å². The lowest BCUT2D eigenvalue weighted by atomic mass is 10.0. The second-order valence-corrected chi connectivity index (χ2v) is 5.10. The van der Waals surface area contributed by atoms with Gasteiger partial charge in [0.05, 0.1) is 19.2 Å². The largest absolute Gasteiger partial charge is 0.497 e. The van der Waals surface area contributed by atoms with Crippen LogP contribution in [0, 0.1) is 0 Å². The van der Waals surface area contributed by atoms with Crippen molar-refractivity contribution in [2.45, 2.75) is 0 Å². The van der Waals surface area contributed by atoms with Gasteiger partial charge in [0.25, 0.3) is 0 Å². The Labute approximate surface area is 131 Å². The van der Waals surface area contributed by atoms with Crippen LogP contribution in [0.15, 0.2) is 51.7 Å². The molecule has 0 bridgehead atoms. The van der Waals surface area contributed by atoms with Crippen LogP contribution in [0.3, 0.4) is 0 Å². The molecule has 0 aliphatic heterocycles. The highest BCUT2D eigenvalue weighted by Gasteiger charge is 2.12. The summed E-state index contributed by atoms with van der Waals surface area (Å²) in [5.74, 6) is 1.21. The molecule has 0 N–H and O–H groups in total. The third-order valence-corrected chi connectivity index (χ3v) is 3.71. The van der Waals surface area contributed by atoms with Crippen molar-refractivity contribution in [1.29, 1.82) is 0 Å². The molecule has 2 aromatic carbocycles. The smallest absolute Gasteiger partial charge is 0.336 e. The first-order chi connectivity index (χ1) is 10.6. The molecule has 1 aromatic heterocycles. The fourth-order valence-corrected chi connectivity index (χ4v) is 2.57. The standard InChI is InChI=1S/C17H13ClO4/c1-20-11-5-3-10(4-6-11)12-8-17(19)22-15-9-16(21-2)14(18)7-13(12)15/h3-9H,1-2H3. The number of hydrogen-bond acceptors (Lipinski definition) is 4. The van der Waals surface area contributed by atoms with Crippen molar-refractivity contribution in [2.24, 2.45) is 0 Å². The molecule has 5 heteroatoms. The fourth-order valence-electron chi connectivity index (χ4n) is 2.33. The van der Waals surface area contributed by atoms with Crippen LogP contribution >= 0.6 is 11.6 Å². The van der Waals surface area contributed by atoms with Crippen molar-refractivity contribution in [1.82, 2.24) is 0 Å². The van der Waals surface area contributed by atoms with Crippen molar-refractivity contribution >= 4 is 22.6 Å². The maximum Gasteiger partial charge on any atom is 0.336 e. The summed E-state index contributed by atoms with van der Waals surface area (Å²) >= 11 is 6.19. The Balaban J connectivity index is 2.27. The van der Waals surface area contributed by atoms with Crippen molar-refractivity contribution < 1.29 is 13.9 Å². The maximum atomic E-state index is 11.8. The summed E-state index contributed by atoms with van der Waals surface area (Å²) in [6.07, 6.45) is 0. The van der Waals surface area contributed by atoms with Crippen LogP contribution in [0.25, 0.3) is 22.1 Å². The molecule has 0 radical (unpaired) electrons. The average molecular weight is 317 g/mol. The zero-order valence-corrected chi connectivity index (χ0v) is 12.8. The minimum Gasteiger partial charge on any atom is -0.497 e. The van der Waals surface area contributed by atoms with Crippen molar-refractivity contribution in [3.63, 3.8) is 0 Å². The van der Waals surface area contributed by atoms with Gasteiger partial charge in [-0.3, -0.25) is 0 Å². The average Bonchev–Trinajstić information content (AvgIpc) is 2.54. The van der Waals surface area contributed by atoms with Gasteiger partial charge in [-0.15, -0.1) is 0 Å². The molecule has 22 heavy (non-hydrogen) atoms. The van der Waals surface area contributed by atoms with Gasteiger partial charge < -0.3 is 13.9 Å². The second kappa shape index (κ2) is 5.73. The van der Waals surface area contributed by atoms with Crippen LogP contribution < -0.4 is 15.1 Å². The highest BCUT2D eigenvalue weighted by Crippen LogP contribution is 2.35. The molecule has 3 rings (SSSR count). The molecule has 0 atom stereocenters. The van der Waals surface area contributed by atoms with Gasteiger partial charge in [-0.2, -0.15) is 0 Å². The van der Waals surface area contributed by atoms with Crippen LogP contribution in [-0.4, -0.2) is 14.2 Å². The summed E-state index contributed by atoms with van der Waals surface area (Å²) < 4.78 is 15.6. The summed E-state index contributed by atoms with van der Waals surface area (Å²) in [7, 11) is 3.12. The zero-order chi connectivity index (χ0) is 15.7. The third kappa shape index (κ3) is 2.53. The molecule has 0 saturated carbocycles. The van der Waals surface area contributed by atoms with Crippen molar-refractivity contribution in [3.8, 4) is 22.6 Å². The van der Waals surface area contributed by atoms with Crippen LogP contribution in [0.2, 0.25) is 5.02 Å². The van der Waals surface area contributed by atoms with Gasteiger partial charge >= 0.3 is 5.63 Å². The molecule has 0 aliphatic rings. The Hall–Kier alpha value is -2.46. The zero-order valence-electron chi connectivity index (χ0n) is 12.1. The van der Waals surface area contributed by atoms with E-state index in [2.05, 4.69) is 0 Å². The first-order valence-electron chi connectivity index (χ1n) is 6.58. The van der Waals surface area contributed by atoms with E-state index in [1.165, 1.54) is 13.2 Å². The van der Waals surface area contributed by atoms with E-state index >= 15 is 0 Å². The number of rotatable bonds is 3. The normalized spacial score (nSPS) is 10.7. The van der Waals surface area contributed by atoms with Crippen LogP contribution in [0.5, 0.6) is 11.5 Å². The first kappa shape index (κ1) is 14.5. The Kier molecular flexibility index (Phi) is 3.77. The van der Waals surface area contributed by atoms with Crippen molar-refractivity contribution in [2.75, 3.05) is 14.2 Å². The Bertz CT molecular complexity index is 882. The minimum atomic E-state index is -0.428. The molecule has 0 unspecified atom stereocenters. The summed E-state index contributed by atoms with van der Waals surface area (Å²) in [5, 5.41) is 1.20. The highest BCUT2D eigenvalue weighted by atomic mass is 35.5. The number of hydrogen-bond donors (Lipinski definition) is 0. The second-order valence-electron chi connectivity index (χ2n) is 4.69. The molecule has 3 aromatic rings. The van der Waals surface area contributed by atoms with Crippen molar-refractivity contribution in [3.05, 3.63) is 57.9 Å². The minimum absolute atomic E-state index is 0.428. The van der Waals surface area contributed by atoms with E-state index < -0.39 is 5.63 Å². The predicted molar refractivity (Wildman–Crippen MR) is 86.0 cm³/mol. The van der Waals surface area contributed by atoms with Crippen LogP contribution in [-0.2, 0) is 0 Å². The maximum absolute atomic E-state index is 11.8. The molecule has 0 aliphatic carbocycles. The monoisotopic (exact) mass is 316 g/mol. The quantitative estimate of drug-likeness (QED) is 0.682. The molecule has 0 fully saturated rings. The first-order valence-corrected chi connectivity index (χ1v) is 6.96. The van der Waals surface area contributed by atoms with Gasteiger partial charge in [-0.25, -0.2) is 4.79 Å². The molecule has 0 spiro atoms. The summed E-state index contributed by atoms with van der Waals surface area (Å²) in [6.45, 7) is 0. The Morgan fingerprint density at radius 3 is 2.36 bits per heavy atom. The number of benzene rings is 2. The SMILES string of the molecule is COc1ccc(-c2cc(=O)oc3cc(OC)c(Cl)cc23)cc1. The molecule has 0 amide bonds. The van der Waals surface area contributed by atoms with Gasteiger partial charge in [0.2, 0.25) is 0 Å². The molecular weight excluding hydrogens is 304 g/mol. The topological polar surface area (TPSA) is 48.7 Å². The van der Waals surface area contributed by atoms with E-state index in [1.807, 2.05) is 24.3 Å². The Morgan fingerprint density at radius 2 is 1.73 bits per heavy atom. The van der Waals surface area contributed by atoms with Gasteiger partial charge in [0.15, 0.2) is 0 Å². The molecule has 0 saturated heterocycles. The van der Waals surface area contributed by atoms with Gasteiger partial charge in [0, 0.05) is 17.5 Å².